The van der Waals surface area contributed by atoms with Gasteiger partial charge in [-0.3, -0.25) is 0 Å². The molecule has 2 saturated carbocycles. The van der Waals surface area contributed by atoms with Gasteiger partial charge in [0.2, 0.25) is 0 Å². The van der Waals surface area contributed by atoms with Gasteiger partial charge in [-0.25, -0.2) is 4.39 Å². The van der Waals surface area contributed by atoms with Crippen molar-refractivity contribution < 1.29 is 4.39 Å². The SMILES string of the molecule is Cl/C=C/C1CCC(c2ccc(-c3ccc(Cl)cc3)cc2)CC1.Fc1ccc(-c2ccc(C3CCC(/C=C/Cl)CC3)cc2)cc1. The van der Waals surface area contributed by atoms with Crippen molar-refractivity contribution in [2.45, 2.75) is 63.2 Å². The lowest BCUT2D eigenvalue weighted by atomic mass is 9.78. The van der Waals surface area contributed by atoms with Crippen molar-refractivity contribution in [3.05, 3.63) is 142 Å². The van der Waals surface area contributed by atoms with E-state index < -0.39 is 0 Å². The molecule has 0 bridgehead atoms. The van der Waals surface area contributed by atoms with Crippen LogP contribution in [0.15, 0.2) is 120 Å². The average Bonchev–Trinajstić information content (AvgIpc) is 3.07. The number of rotatable bonds is 6. The fourth-order valence-electron chi connectivity index (χ4n) is 6.68. The molecule has 0 unspecified atom stereocenters. The summed E-state index contributed by atoms with van der Waals surface area (Å²) in [6, 6.07) is 32.5. The van der Waals surface area contributed by atoms with Gasteiger partial charge in [0.05, 0.1) is 0 Å². The molecule has 2 aliphatic rings. The molecule has 0 aliphatic heterocycles. The first-order chi connectivity index (χ1) is 21.5. The number of allylic oxidation sites excluding steroid dienone is 2. The third-order valence-electron chi connectivity index (χ3n) is 9.35. The molecule has 0 saturated heterocycles. The molecule has 0 atom stereocenters. The topological polar surface area (TPSA) is 0 Å². The lowest BCUT2D eigenvalue weighted by Crippen LogP contribution is -2.11. The highest BCUT2D eigenvalue weighted by atomic mass is 35.5. The standard InChI is InChI=1S/C20H20Cl2.C20H20ClF/c2*21-14-13-15-1-3-16(4-2-15)17-5-7-18(8-6-17)19-9-11-20(22)12-10-19/h2*5-16H,1-4H2/b2*14-13+. The number of benzene rings is 4. The molecular formula is C40H40Cl3F. The first kappa shape index (κ1) is 32.6. The van der Waals surface area contributed by atoms with Gasteiger partial charge in [0.15, 0.2) is 0 Å². The van der Waals surface area contributed by atoms with Gasteiger partial charge in [0.1, 0.15) is 5.82 Å². The van der Waals surface area contributed by atoms with E-state index >= 15 is 0 Å². The second-order valence-electron chi connectivity index (χ2n) is 12.1. The zero-order valence-corrected chi connectivity index (χ0v) is 27.3. The van der Waals surface area contributed by atoms with E-state index in [-0.39, 0.29) is 5.82 Å². The lowest BCUT2D eigenvalue weighted by molar-refractivity contribution is 0.376. The molecule has 0 radical (unpaired) electrons. The minimum atomic E-state index is -0.192. The molecule has 0 nitrogen and oxygen atoms in total. The average molecular weight is 646 g/mol. The van der Waals surface area contributed by atoms with Crippen molar-refractivity contribution in [3.8, 4) is 22.3 Å². The molecule has 2 fully saturated rings. The maximum atomic E-state index is 13.0. The fraction of sp³-hybridized carbons (Fsp3) is 0.300. The normalized spacial score (nSPS) is 22.1. The smallest absolute Gasteiger partial charge is 0.123 e. The molecule has 0 aromatic heterocycles. The predicted molar refractivity (Wildman–Crippen MR) is 188 cm³/mol. The zero-order chi connectivity index (χ0) is 30.7. The van der Waals surface area contributed by atoms with Crippen LogP contribution >= 0.6 is 34.8 Å². The van der Waals surface area contributed by atoms with Gasteiger partial charge < -0.3 is 0 Å². The van der Waals surface area contributed by atoms with Gasteiger partial charge in [0.25, 0.3) is 0 Å². The summed E-state index contributed by atoms with van der Waals surface area (Å²) >= 11 is 17.3. The van der Waals surface area contributed by atoms with E-state index in [4.69, 9.17) is 34.8 Å². The van der Waals surface area contributed by atoms with Gasteiger partial charge in [-0.15, -0.1) is 0 Å². The van der Waals surface area contributed by atoms with Gasteiger partial charge >= 0.3 is 0 Å². The van der Waals surface area contributed by atoms with Crippen molar-refractivity contribution in [2.24, 2.45) is 11.8 Å². The highest BCUT2D eigenvalue weighted by Gasteiger charge is 2.22. The number of hydrogen-bond acceptors (Lipinski definition) is 0. The van der Waals surface area contributed by atoms with Crippen molar-refractivity contribution in [1.82, 2.24) is 0 Å². The van der Waals surface area contributed by atoms with Crippen LogP contribution in [0.25, 0.3) is 22.3 Å². The number of hydrogen-bond donors (Lipinski definition) is 0. The van der Waals surface area contributed by atoms with Crippen LogP contribution in [0.3, 0.4) is 0 Å². The predicted octanol–water partition coefficient (Wildman–Crippen LogP) is 13.6. The second-order valence-corrected chi connectivity index (χ2v) is 13.1. The summed E-state index contributed by atoms with van der Waals surface area (Å²) in [5.41, 5.74) is 10.9. The summed E-state index contributed by atoms with van der Waals surface area (Å²) < 4.78 is 13.0. The molecule has 0 N–H and O–H groups in total. The van der Waals surface area contributed by atoms with Crippen LogP contribution in [-0.2, 0) is 0 Å². The van der Waals surface area contributed by atoms with E-state index in [1.807, 2.05) is 24.3 Å². The van der Waals surface area contributed by atoms with Crippen molar-refractivity contribution in [2.75, 3.05) is 0 Å². The Bertz CT molecular complexity index is 1360. The van der Waals surface area contributed by atoms with E-state index in [0.29, 0.717) is 23.7 Å². The second kappa shape index (κ2) is 16.5. The summed E-state index contributed by atoms with van der Waals surface area (Å²) in [4.78, 5) is 0. The Kier molecular flexibility index (Phi) is 12.2. The summed E-state index contributed by atoms with van der Waals surface area (Å²) in [5.74, 6) is 2.47. The highest BCUT2D eigenvalue weighted by molar-refractivity contribution is 6.30. The van der Waals surface area contributed by atoms with E-state index in [1.54, 1.807) is 11.1 Å². The Morgan fingerprint density at radius 3 is 1.11 bits per heavy atom. The van der Waals surface area contributed by atoms with E-state index in [1.165, 1.54) is 85.8 Å². The van der Waals surface area contributed by atoms with Gasteiger partial charge in [-0.1, -0.05) is 120 Å². The molecule has 4 aromatic carbocycles. The summed E-state index contributed by atoms with van der Waals surface area (Å²) in [6.45, 7) is 0. The Labute approximate surface area is 277 Å². The zero-order valence-electron chi connectivity index (χ0n) is 25.0. The Morgan fingerprint density at radius 1 is 0.455 bits per heavy atom. The Hall–Kier alpha value is -2.84. The van der Waals surface area contributed by atoms with E-state index in [9.17, 15) is 4.39 Å². The van der Waals surface area contributed by atoms with E-state index in [0.717, 1.165) is 16.1 Å². The maximum absolute atomic E-state index is 13.0. The molecule has 2 aliphatic carbocycles. The van der Waals surface area contributed by atoms with Gasteiger partial charge in [0, 0.05) is 16.1 Å². The lowest BCUT2D eigenvalue weighted by Gasteiger charge is -2.27. The molecule has 6 rings (SSSR count). The minimum absolute atomic E-state index is 0.192. The number of halogens is 4. The van der Waals surface area contributed by atoms with Crippen LogP contribution < -0.4 is 0 Å². The Morgan fingerprint density at radius 2 is 0.773 bits per heavy atom. The van der Waals surface area contributed by atoms with Crippen molar-refractivity contribution in [1.29, 1.82) is 0 Å². The maximum Gasteiger partial charge on any atom is 0.123 e. The third kappa shape index (κ3) is 9.10. The van der Waals surface area contributed by atoms with Crippen LogP contribution in [-0.4, -0.2) is 0 Å². The molecule has 228 valence electrons. The van der Waals surface area contributed by atoms with Crippen LogP contribution in [0.1, 0.15) is 74.3 Å². The quantitative estimate of drug-likeness (QED) is 0.196. The fourth-order valence-corrected chi connectivity index (χ4v) is 7.21. The molecule has 4 heteroatoms. The molecule has 4 aromatic rings. The molecule has 44 heavy (non-hydrogen) atoms. The largest absolute Gasteiger partial charge is 0.207 e. The highest BCUT2D eigenvalue weighted by Crippen LogP contribution is 2.38. The summed E-state index contributed by atoms with van der Waals surface area (Å²) in [5, 5.41) is 0.781. The molecular weight excluding hydrogens is 606 g/mol. The first-order valence-electron chi connectivity index (χ1n) is 15.8. The van der Waals surface area contributed by atoms with Crippen molar-refractivity contribution >= 4 is 34.8 Å². The summed E-state index contributed by atoms with van der Waals surface area (Å²) in [6.07, 6.45) is 14.1. The van der Waals surface area contributed by atoms with Crippen LogP contribution in [0.2, 0.25) is 5.02 Å². The van der Waals surface area contributed by atoms with Gasteiger partial charge in [-0.2, -0.15) is 0 Å². The summed E-state index contributed by atoms with van der Waals surface area (Å²) in [7, 11) is 0. The molecule has 0 amide bonds. The first-order valence-corrected chi connectivity index (χ1v) is 17.0. The van der Waals surface area contributed by atoms with Crippen LogP contribution in [0.5, 0.6) is 0 Å². The van der Waals surface area contributed by atoms with Gasteiger partial charge in [-0.05, 0) is 133 Å². The monoisotopic (exact) mass is 644 g/mol. The third-order valence-corrected chi connectivity index (χ3v) is 9.90. The van der Waals surface area contributed by atoms with Crippen LogP contribution in [0.4, 0.5) is 4.39 Å². The Balaban J connectivity index is 0.000000175. The molecule has 0 spiro atoms. The van der Waals surface area contributed by atoms with Crippen LogP contribution in [0, 0.1) is 17.7 Å². The van der Waals surface area contributed by atoms with E-state index in [2.05, 4.69) is 72.8 Å². The molecule has 0 heterocycles. The van der Waals surface area contributed by atoms with Crippen molar-refractivity contribution in [3.63, 3.8) is 0 Å². The minimum Gasteiger partial charge on any atom is -0.207 e.